The third kappa shape index (κ3) is 45.2. The minimum atomic E-state index is -1.12. The zero-order valence-electron chi connectivity index (χ0n) is 47.1. The summed E-state index contributed by atoms with van der Waals surface area (Å²) in [4.78, 5) is 24.7. The topological polar surface area (TPSA) is 93.1 Å². The fraction of sp³-hybridized carbons (Fsp3) is 0.938. The predicted octanol–water partition coefficient (Wildman–Crippen LogP) is 19.9. The Kier molecular flexibility index (Phi) is 51.3. The van der Waals surface area contributed by atoms with Gasteiger partial charge < -0.3 is 19.7 Å². The summed E-state index contributed by atoms with van der Waals surface area (Å²) in [6, 6.07) is 0. The third-order valence-electron chi connectivity index (χ3n) is 15.8. The van der Waals surface area contributed by atoms with Crippen molar-refractivity contribution in [1.29, 1.82) is 0 Å². The molecule has 0 aromatic heterocycles. The van der Waals surface area contributed by atoms with E-state index in [9.17, 15) is 19.8 Å². The fourth-order valence-electron chi connectivity index (χ4n) is 10.6. The second kappa shape index (κ2) is 53.9. The van der Waals surface area contributed by atoms with Crippen molar-refractivity contribution in [2.24, 2.45) is 11.3 Å². The van der Waals surface area contributed by atoms with Gasteiger partial charge in [0.25, 0.3) is 0 Å². The Morgan fingerprint density at radius 2 is 0.614 bits per heavy atom. The molecule has 0 spiro atoms. The van der Waals surface area contributed by atoms with Gasteiger partial charge in [-0.1, -0.05) is 321 Å². The summed E-state index contributed by atoms with van der Waals surface area (Å²) < 4.78 is 10.6. The van der Waals surface area contributed by atoms with Gasteiger partial charge >= 0.3 is 11.9 Å². The molecule has 0 saturated carbocycles. The van der Waals surface area contributed by atoms with Crippen LogP contribution in [0.4, 0.5) is 0 Å². The van der Waals surface area contributed by atoms with E-state index in [1.807, 2.05) is 0 Å². The SMILES string of the molecule is CCCCCCCCCCCCCCCCCCCCCCCCCCCCCC/C=C/CCCCCCCCCCCCCCCCCCCCCCCC1CC(=O)OCC(CO)(CO)COC1=O. The molecule has 1 fully saturated rings. The number of esters is 2. The number of carbonyl (C=O) groups excluding carboxylic acids is 2. The Balaban J connectivity index is 1.69. The highest BCUT2D eigenvalue weighted by Crippen LogP contribution is 2.25. The standard InChI is InChI=1S/C64H122O6/c1-2-3-4-5-6-7-8-9-10-11-12-13-14-15-16-17-18-19-20-21-22-23-24-25-26-27-28-29-30-31-32-33-34-35-36-37-38-39-40-41-42-43-44-45-46-47-48-49-50-51-52-53-54-55-61-56-62(67)69-59-64(57-65,58-66)60-70-63(61)68/h31-32,61,65-66H,2-30,33-60H2,1H3/b32-31+. The molecule has 70 heavy (non-hydrogen) atoms. The van der Waals surface area contributed by atoms with Crippen LogP contribution < -0.4 is 0 Å². The average Bonchev–Trinajstić information content (AvgIpc) is 3.43. The molecule has 6 nitrogen and oxygen atoms in total. The van der Waals surface area contributed by atoms with E-state index in [1.165, 1.54) is 308 Å². The lowest BCUT2D eigenvalue weighted by Crippen LogP contribution is -2.40. The zero-order valence-corrected chi connectivity index (χ0v) is 47.1. The van der Waals surface area contributed by atoms with Crippen LogP contribution in [0.1, 0.15) is 347 Å². The summed E-state index contributed by atoms with van der Waals surface area (Å²) in [6.45, 7) is 1.21. The number of unbranched alkanes of at least 4 members (excludes halogenated alkanes) is 49. The minimum Gasteiger partial charge on any atom is -0.465 e. The lowest BCUT2D eigenvalue weighted by Gasteiger charge is -2.27. The van der Waals surface area contributed by atoms with Crippen LogP contribution in [0, 0.1) is 11.3 Å². The van der Waals surface area contributed by atoms with Gasteiger partial charge in [0.15, 0.2) is 0 Å². The minimum absolute atomic E-state index is 0.00415. The molecule has 1 rings (SSSR count). The van der Waals surface area contributed by atoms with Crippen molar-refractivity contribution in [2.75, 3.05) is 26.4 Å². The molecule has 2 N–H and O–H groups in total. The van der Waals surface area contributed by atoms with Crippen molar-refractivity contribution < 1.29 is 29.3 Å². The molecule has 0 amide bonds. The maximum Gasteiger partial charge on any atom is 0.309 e. The van der Waals surface area contributed by atoms with Gasteiger partial charge in [-0.05, 0) is 32.1 Å². The van der Waals surface area contributed by atoms with Gasteiger partial charge in [-0.3, -0.25) is 9.59 Å². The Labute approximate surface area is 436 Å². The molecule has 1 aliphatic heterocycles. The van der Waals surface area contributed by atoms with Crippen LogP contribution in [-0.4, -0.2) is 48.6 Å². The van der Waals surface area contributed by atoms with E-state index in [0.29, 0.717) is 6.42 Å². The van der Waals surface area contributed by atoms with Crippen LogP contribution in [0.25, 0.3) is 0 Å². The van der Waals surface area contributed by atoms with Crippen molar-refractivity contribution in [3.63, 3.8) is 0 Å². The van der Waals surface area contributed by atoms with Gasteiger partial charge in [0.05, 0.1) is 31.0 Å². The van der Waals surface area contributed by atoms with Gasteiger partial charge in [0, 0.05) is 0 Å². The van der Waals surface area contributed by atoms with E-state index >= 15 is 0 Å². The number of ether oxygens (including phenoxy) is 2. The molecule has 0 aromatic carbocycles. The molecule has 414 valence electrons. The van der Waals surface area contributed by atoms with E-state index in [-0.39, 0.29) is 19.6 Å². The molecule has 6 heteroatoms. The number of rotatable bonds is 55. The third-order valence-corrected chi connectivity index (χ3v) is 15.8. The molecule has 1 heterocycles. The van der Waals surface area contributed by atoms with Crippen LogP contribution in [-0.2, 0) is 19.1 Å². The highest BCUT2D eigenvalue weighted by Gasteiger charge is 2.36. The van der Waals surface area contributed by atoms with Crippen LogP contribution in [0.3, 0.4) is 0 Å². The average molecular weight is 988 g/mol. The van der Waals surface area contributed by atoms with Crippen molar-refractivity contribution >= 4 is 11.9 Å². The molecule has 1 unspecified atom stereocenters. The second-order valence-electron chi connectivity index (χ2n) is 22.8. The normalized spacial score (nSPS) is 15.3. The summed E-state index contributed by atoms with van der Waals surface area (Å²) in [5.41, 5.74) is -1.12. The number of carbonyl (C=O) groups is 2. The maximum absolute atomic E-state index is 12.5. The number of aliphatic hydroxyl groups is 2. The highest BCUT2D eigenvalue weighted by atomic mass is 16.6. The molecule has 1 aliphatic rings. The zero-order chi connectivity index (χ0) is 50.4. The van der Waals surface area contributed by atoms with Crippen LogP contribution in [0.15, 0.2) is 12.2 Å². The number of cyclic esters (lactones) is 2. The molecule has 1 atom stereocenters. The van der Waals surface area contributed by atoms with Crippen LogP contribution in [0.2, 0.25) is 0 Å². The first-order valence-corrected chi connectivity index (χ1v) is 31.8. The maximum atomic E-state index is 12.5. The number of hydrogen-bond donors (Lipinski definition) is 2. The monoisotopic (exact) mass is 987 g/mol. The summed E-state index contributed by atoms with van der Waals surface area (Å²) in [5.74, 6) is -1.40. The largest absolute Gasteiger partial charge is 0.465 e. The number of aliphatic hydroxyl groups excluding tert-OH is 2. The van der Waals surface area contributed by atoms with E-state index in [4.69, 9.17) is 9.47 Å². The summed E-state index contributed by atoms with van der Waals surface area (Å²) >= 11 is 0. The van der Waals surface area contributed by atoms with Crippen molar-refractivity contribution in [3.8, 4) is 0 Å². The highest BCUT2D eigenvalue weighted by molar-refractivity contribution is 5.80. The first kappa shape index (κ1) is 66.6. The van der Waals surface area contributed by atoms with Crippen LogP contribution in [0.5, 0.6) is 0 Å². The van der Waals surface area contributed by atoms with E-state index in [0.717, 1.165) is 19.3 Å². The van der Waals surface area contributed by atoms with Crippen molar-refractivity contribution in [1.82, 2.24) is 0 Å². The molecule has 0 bridgehead atoms. The van der Waals surface area contributed by atoms with Gasteiger partial charge in [0.1, 0.15) is 13.2 Å². The van der Waals surface area contributed by atoms with Crippen molar-refractivity contribution in [3.05, 3.63) is 12.2 Å². The molecular formula is C64H122O6. The number of hydrogen-bond acceptors (Lipinski definition) is 6. The first-order chi connectivity index (χ1) is 34.6. The van der Waals surface area contributed by atoms with Gasteiger partial charge in [-0.25, -0.2) is 0 Å². The molecule has 0 aromatic rings. The first-order valence-electron chi connectivity index (χ1n) is 31.8. The molecule has 0 radical (unpaired) electrons. The van der Waals surface area contributed by atoms with E-state index in [2.05, 4.69) is 19.1 Å². The van der Waals surface area contributed by atoms with E-state index < -0.39 is 36.5 Å². The van der Waals surface area contributed by atoms with Crippen molar-refractivity contribution in [2.45, 2.75) is 347 Å². The number of allylic oxidation sites excluding steroid dienone is 2. The Morgan fingerprint density at radius 3 is 0.886 bits per heavy atom. The Bertz CT molecular complexity index is 1100. The fourth-order valence-corrected chi connectivity index (χ4v) is 10.6. The Morgan fingerprint density at radius 1 is 0.371 bits per heavy atom. The summed E-state index contributed by atoms with van der Waals surface area (Å²) in [7, 11) is 0. The van der Waals surface area contributed by atoms with Gasteiger partial charge in [-0.2, -0.15) is 0 Å². The van der Waals surface area contributed by atoms with Gasteiger partial charge in [-0.15, -0.1) is 0 Å². The lowest BCUT2D eigenvalue weighted by molar-refractivity contribution is -0.155. The molecule has 0 aliphatic carbocycles. The summed E-state index contributed by atoms with van der Waals surface area (Å²) in [6.07, 6.45) is 77.2. The molecule has 1 saturated heterocycles. The van der Waals surface area contributed by atoms with Gasteiger partial charge in [0.2, 0.25) is 0 Å². The van der Waals surface area contributed by atoms with E-state index in [1.54, 1.807) is 0 Å². The van der Waals surface area contributed by atoms with Crippen LogP contribution >= 0.6 is 0 Å². The quantitative estimate of drug-likeness (QED) is 0.0358. The molecular weight excluding hydrogens is 865 g/mol. The Hall–Kier alpha value is -1.40. The lowest BCUT2D eigenvalue weighted by atomic mass is 9.92. The second-order valence-corrected chi connectivity index (χ2v) is 22.8. The smallest absolute Gasteiger partial charge is 0.309 e. The summed E-state index contributed by atoms with van der Waals surface area (Å²) in [5, 5.41) is 19.2. The predicted molar refractivity (Wildman–Crippen MR) is 302 cm³/mol.